The van der Waals surface area contributed by atoms with Crippen LogP contribution in [0.5, 0.6) is 0 Å². The van der Waals surface area contributed by atoms with Gasteiger partial charge in [-0.2, -0.15) is 0 Å². The van der Waals surface area contributed by atoms with Crippen molar-refractivity contribution in [2.75, 3.05) is 6.61 Å². The third kappa shape index (κ3) is 35.2. The summed E-state index contributed by atoms with van der Waals surface area (Å²) in [4.78, 5) is 12.4. The van der Waals surface area contributed by atoms with Crippen LogP contribution in [0, 0.1) is 0 Å². The predicted octanol–water partition coefficient (Wildman–Crippen LogP) is 12.6. The fraction of sp³-hybridized carbons (Fsp3) is 0.889. The number of nitrogens with one attached hydrogen (secondary N) is 1. The minimum absolute atomic E-state index is 0.373. The minimum Gasteiger partial charge on any atom is -0.394 e. The molecule has 1 amide bonds. The Morgan fingerprint density at radius 2 is 0.820 bits per heavy atom. The highest BCUT2D eigenvalue weighted by atomic mass is 16.3. The van der Waals surface area contributed by atoms with Gasteiger partial charge in [-0.15, -0.1) is 0 Å². The highest BCUT2D eigenvalue weighted by molar-refractivity contribution is 5.80. The maximum atomic E-state index is 12.4. The highest BCUT2D eigenvalue weighted by Crippen LogP contribution is 2.16. The molecule has 0 aliphatic rings. The Morgan fingerprint density at radius 1 is 0.480 bits per heavy atom. The maximum absolute atomic E-state index is 12.4. The molecule has 0 radical (unpaired) electrons. The van der Waals surface area contributed by atoms with Crippen molar-refractivity contribution in [2.24, 2.45) is 0 Å². The van der Waals surface area contributed by atoms with Gasteiger partial charge in [0.25, 0.3) is 0 Å². The first-order valence-electron chi connectivity index (χ1n) is 22.2. The first-order valence-corrected chi connectivity index (χ1v) is 22.2. The Balaban J connectivity index is 3.60. The molecule has 0 aromatic rings. The van der Waals surface area contributed by atoms with Gasteiger partial charge < -0.3 is 20.6 Å². The van der Waals surface area contributed by atoms with E-state index in [0.717, 1.165) is 38.5 Å². The van der Waals surface area contributed by atoms with E-state index in [9.17, 15) is 20.1 Å². The van der Waals surface area contributed by atoms with E-state index in [0.29, 0.717) is 6.42 Å². The van der Waals surface area contributed by atoms with Gasteiger partial charge in [0.1, 0.15) is 6.10 Å². The topological polar surface area (TPSA) is 89.8 Å². The molecule has 5 nitrogen and oxygen atoms in total. The van der Waals surface area contributed by atoms with E-state index in [2.05, 4.69) is 31.3 Å². The number of carbonyl (C=O) groups excluding carboxylic acids is 1. The average Bonchev–Trinajstić information content (AvgIpc) is 3.12. The molecule has 0 saturated carbocycles. The number of aliphatic hydroxyl groups excluding tert-OH is 3. The van der Waals surface area contributed by atoms with Crippen LogP contribution in [0.4, 0.5) is 0 Å². The zero-order valence-electron chi connectivity index (χ0n) is 33.5. The smallest absolute Gasteiger partial charge is 0.249 e. The molecular weight excluding hydrogens is 618 g/mol. The largest absolute Gasteiger partial charge is 0.394 e. The summed E-state index contributed by atoms with van der Waals surface area (Å²) in [5.74, 6) is -0.511. The van der Waals surface area contributed by atoms with Crippen LogP contribution in [0.1, 0.15) is 232 Å². The summed E-state index contributed by atoms with van der Waals surface area (Å²) in [7, 11) is 0. The van der Waals surface area contributed by atoms with E-state index in [1.54, 1.807) is 6.08 Å². The van der Waals surface area contributed by atoms with Crippen LogP contribution in [0.3, 0.4) is 0 Å². The molecule has 0 rings (SSSR count). The maximum Gasteiger partial charge on any atom is 0.249 e. The Bertz CT molecular complexity index is 739. The van der Waals surface area contributed by atoms with Crippen LogP contribution < -0.4 is 5.32 Å². The monoisotopic (exact) mass is 706 g/mol. The van der Waals surface area contributed by atoms with Crippen LogP contribution in [0.15, 0.2) is 24.3 Å². The minimum atomic E-state index is -1.10. The summed E-state index contributed by atoms with van der Waals surface area (Å²) in [6.45, 7) is 4.16. The van der Waals surface area contributed by atoms with Crippen molar-refractivity contribution in [3.63, 3.8) is 0 Å². The van der Waals surface area contributed by atoms with E-state index in [-0.39, 0.29) is 6.61 Å². The lowest BCUT2D eigenvalue weighted by atomic mass is 10.0. The lowest BCUT2D eigenvalue weighted by Crippen LogP contribution is -2.48. The number of hydrogen-bond donors (Lipinski definition) is 4. The summed E-state index contributed by atoms with van der Waals surface area (Å²) in [6, 6.07) is -0.809. The van der Waals surface area contributed by atoms with Gasteiger partial charge >= 0.3 is 0 Å². The fourth-order valence-electron chi connectivity index (χ4n) is 6.79. The second-order valence-electron chi connectivity index (χ2n) is 15.3. The summed E-state index contributed by atoms with van der Waals surface area (Å²) < 4.78 is 0. The molecule has 3 unspecified atom stereocenters. The third-order valence-electron chi connectivity index (χ3n) is 10.3. The molecule has 0 fully saturated rings. The molecule has 50 heavy (non-hydrogen) atoms. The van der Waals surface area contributed by atoms with Crippen molar-refractivity contribution in [2.45, 2.75) is 250 Å². The molecule has 0 heterocycles. The Kier molecular flexibility index (Phi) is 39.6. The molecule has 0 saturated heterocycles. The van der Waals surface area contributed by atoms with E-state index >= 15 is 0 Å². The zero-order valence-corrected chi connectivity index (χ0v) is 33.5. The highest BCUT2D eigenvalue weighted by Gasteiger charge is 2.22. The van der Waals surface area contributed by atoms with Crippen molar-refractivity contribution in [1.82, 2.24) is 5.32 Å². The molecule has 0 spiro atoms. The van der Waals surface area contributed by atoms with Gasteiger partial charge in [0.05, 0.1) is 18.8 Å². The van der Waals surface area contributed by atoms with E-state index in [4.69, 9.17) is 0 Å². The SMILES string of the molecule is CCCCCCCC/C=C/CC/C=C/C(O)C(CO)NC(=O)C(O)CCCCCCCCCCCCCCCCCCCCCCCCCC. The molecular formula is C45H87NO4. The molecule has 0 aromatic heterocycles. The van der Waals surface area contributed by atoms with Crippen LogP contribution in [0.2, 0.25) is 0 Å². The van der Waals surface area contributed by atoms with Crippen molar-refractivity contribution < 1.29 is 20.1 Å². The second-order valence-corrected chi connectivity index (χ2v) is 15.3. The molecule has 296 valence electrons. The first kappa shape index (κ1) is 48.8. The van der Waals surface area contributed by atoms with E-state index in [1.807, 2.05) is 6.08 Å². The molecule has 3 atom stereocenters. The number of unbranched alkanes of at least 4 members (excludes halogenated alkanes) is 30. The lowest BCUT2D eigenvalue weighted by molar-refractivity contribution is -0.131. The van der Waals surface area contributed by atoms with Gasteiger partial charge in [-0.3, -0.25) is 4.79 Å². The fourth-order valence-corrected chi connectivity index (χ4v) is 6.79. The van der Waals surface area contributed by atoms with E-state index in [1.165, 1.54) is 173 Å². The van der Waals surface area contributed by atoms with Crippen LogP contribution in [-0.4, -0.2) is 46.1 Å². The normalized spacial score (nSPS) is 13.8. The molecule has 0 aromatic carbocycles. The Hall–Kier alpha value is -1.17. The van der Waals surface area contributed by atoms with Crippen LogP contribution >= 0.6 is 0 Å². The van der Waals surface area contributed by atoms with Gasteiger partial charge in [-0.25, -0.2) is 0 Å². The summed E-state index contributed by atoms with van der Waals surface area (Å²) in [6.07, 6.45) is 49.4. The standard InChI is InChI=1S/C45H87NO4/c1-3-5-7-9-11-13-15-17-18-19-20-21-22-23-24-25-26-27-28-30-32-34-36-38-40-44(49)45(50)46-42(41-47)43(48)39-37-35-33-31-29-16-14-12-10-8-6-4-2/h29,31,37,39,42-44,47-49H,3-28,30,32-36,38,40-41H2,1-2H3,(H,46,50)/b31-29+,39-37+. The van der Waals surface area contributed by atoms with Gasteiger partial charge in [0.2, 0.25) is 5.91 Å². The van der Waals surface area contributed by atoms with Crippen LogP contribution in [-0.2, 0) is 4.79 Å². The van der Waals surface area contributed by atoms with Crippen molar-refractivity contribution in [1.29, 1.82) is 0 Å². The molecule has 0 aliphatic heterocycles. The van der Waals surface area contributed by atoms with Gasteiger partial charge in [0.15, 0.2) is 0 Å². The summed E-state index contributed by atoms with van der Waals surface area (Å²) in [5, 5.41) is 33.0. The average molecular weight is 706 g/mol. The molecule has 5 heteroatoms. The second kappa shape index (κ2) is 40.6. The first-order chi connectivity index (χ1) is 24.6. The quantitative estimate of drug-likeness (QED) is 0.0377. The van der Waals surface area contributed by atoms with Gasteiger partial charge in [0, 0.05) is 0 Å². The lowest BCUT2D eigenvalue weighted by Gasteiger charge is -2.21. The third-order valence-corrected chi connectivity index (χ3v) is 10.3. The number of aliphatic hydroxyl groups is 3. The number of hydrogen-bond acceptors (Lipinski definition) is 4. The summed E-state index contributed by atoms with van der Waals surface area (Å²) in [5.41, 5.74) is 0. The molecule has 0 bridgehead atoms. The summed E-state index contributed by atoms with van der Waals surface area (Å²) >= 11 is 0. The van der Waals surface area contributed by atoms with E-state index < -0.39 is 24.2 Å². The molecule has 4 N–H and O–H groups in total. The van der Waals surface area contributed by atoms with Crippen molar-refractivity contribution in [3.8, 4) is 0 Å². The Morgan fingerprint density at radius 3 is 1.22 bits per heavy atom. The van der Waals surface area contributed by atoms with Gasteiger partial charge in [-0.1, -0.05) is 224 Å². The van der Waals surface area contributed by atoms with Crippen molar-refractivity contribution >= 4 is 5.91 Å². The number of allylic oxidation sites excluding steroid dienone is 3. The molecule has 0 aliphatic carbocycles. The number of rotatable bonds is 40. The van der Waals surface area contributed by atoms with Gasteiger partial charge in [-0.05, 0) is 32.1 Å². The predicted molar refractivity (Wildman–Crippen MR) is 218 cm³/mol. The van der Waals surface area contributed by atoms with Crippen LogP contribution in [0.25, 0.3) is 0 Å². The number of carbonyl (C=O) groups is 1. The van der Waals surface area contributed by atoms with Crippen molar-refractivity contribution in [3.05, 3.63) is 24.3 Å². The number of amides is 1. The Labute approximate surface area is 312 Å². The zero-order chi connectivity index (χ0) is 36.6.